The predicted octanol–water partition coefficient (Wildman–Crippen LogP) is 2.90. The molecule has 2 aromatic rings. The molecule has 0 bridgehead atoms. The van der Waals surface area contributed by atoms with E-state index in [4.69, 9.17) is 9.47 Å². The first kappa shape index (κ1) is 16.0. The Bertz CT molecular complexity index is 784. The minimum atomic E-state index is -3.64. The molecule has 1 aliphatic rings. The molecule has 0 unspecified atom stereocenters. The van der Waals surface area contributed by atoms with Crippen LogP contribution in [0.1, 0.15) is 4.88 Å². The van der Waals surface area contributed by atoms with Gasteiger partial charge in [-0.2, -0.15) is 4.31 Å². The third kappa shape index (κ3) is 3.41. The van der Waals surface area contributed by atoms with Crippen LogP contribution in [0, 0.1) is 0 Å². The number of hydrogen-bond acceptors (Lipinski definition) is 5. The number of fused-ring (bicyclic) bond motifs is 1. The van der Waals surface area contributed by atoms with Crippen molar-refractivity contribution in [3.8, 4) is 11.5 Å². The highest BCUT2D eigenvalue weighted by atomic mass is 32.2. The molecule has 0 spiro atoms. The largest absolute Gasteiger partial charge is 0.486 e. The van der Waals surface area contributed by atoms with Crippen molar-refractivity contribution in [3.05, 3.63) is 53.2 Å². The molecule has 1 aromatic heterocycles. The van der Waals surface area contributed by atoms with E-state index in [-0.39, 0.29) is 11.4 Å². The third-order valence-corrected chi connectivity index (χ3v) is 6.07. The molecule has 122 valence electrons. The number of thiophene rings is 1. The summed E-state index contributed by atoms with van der Waals surface area (Å²) in [6.07, 6.45) is 1.59. The Morgan fingerprint density at radius 3 is 2.70 bits per heavy atom. The van der Waals surface area contributed by atoms with Gasteiger partial charge in [-0.15, -0.1) is 17.9 Å². The number of benzene rings is 1. The Balaban J connectivity index is 1.92. The van der Waals surface area contributed by atoms with Crippen LogP contribution in [0.25, 0.3) is 0 Å². The highest BCUT2D eigenvalue weighted by Gasteiger charge is 2.26. The molecule has 0 N–H and O–H groups in total. The fraction of sp³-hybridized carbons (Fsp3) is 0.250. The van der Waals surface area contributed by atoms with Gasteiger partial charge < -0.3 is 9.47 Å². The highest BCUT2D eigenvalue weighted by molar-refractivity contribution is 7.89. The van der Waals surface area contributed by atoms with Gasteiger partial charge in [0.25, 0.3) is 0 Å². The second-order valence-corrected chi connectivity index (χ2v) is 7.94. The van der Waals surface area contributed by atoms with Crippen LogP contribution in [0.15, 0.2) is 53.3 Å². The molecular formula is C16H17NO4S2. The highest BCUT2D eigenvalue weighted by Crippen LogP contribution is 2.33. The fourth-order valence-electron chi connectivity index (χ4n) is 2.30. The molecule has 1 aromatic carbocycles. The molecule has 1 aliphatic heterocycles. The van der Waals surface area contributed by atoms with Crippen LogP contribution in [0.5, 0.6) is 11.5 Å². The van der Waals surface area contributed by atoms with Crippen molar-refractivity contribution in [1.29, 1.82) is 0 Å². The molecule has 0 saturated heterocycles. The van der Waals surface area contributed by atoms with Gasteiger partial charge in [0, 0.05) is 24.0 Å². The smallest absolute Gasteiger partial charge is 0.243 e. The minimum absolute atomic E-state index is 0.195. The van der Waals surface area contributed by atoms with Crippen molar-refractivity contribution in [3.63, 3.8) is 0 Å². The van der Waals surface area contributed by atoms with Crippen LogP contribution in [0.4, 0.5) is 0 Å². The van der Waals surface area contributed by atoms with Gasteiger partial charge in [0.2, 0.25) is 10.0 Å². The summed E-state index contributed by atoms with van der Waals surface area (Å²) in [5.41, 5.74) is 0. The summed E-state index contributed by atoms with van der Waals surface area (Å²) in [4.78, 5) is 1.17. The number of rotatable bonds is 6. The van der Waals surface area contributed by atoms with Gasteiger partial charge in [0.05, 0.1) is 4.90 Å². The monoisotopic (exact) mass is 351 g/mol. The van der Waals surface area contributed by atoms with E-state index < -0.39 is 10.0 Å². The fourth-order valence-corrected chi connectivity index (χ4v) is 4.51. The maximum absolute atomic E-state index is 12.9. The SMILES string of the molecule is C=CCN(Cc1cccs1)S(=O)(=O)c1ccc2c(c1)OCCO2. The van der Waals surface area contributed by atoms with E-state index in [0.29, 0.717) is 31.3 Å². The van der Waals surface area contributed by atoms with Gasteiger partial charge in [-0.25, -0.2) is 8.42 Å². The average molecular weight is 351 g/mol. The molecule has 2 heterocycles. The van der Waals surface area contributed by atoms with Crippen molar-refractivity contribution < 1.29 is 17.9 Å². The molecule has 0 aliphatic carbocycles. The van der Waals surface area contributed by atoms with E-state index in [1.54, 1.807) is 18.2 Å². The van der Waals surface area contributed by atoms with E-state index in [1.807, 2.05) is 17.5 Å². The topological polar surface area (TPSA) is 55.8 Å². The van der Waals surface area contributed by atoms with Crippen LogP contribution in [-0.4, -0.2) is 32.5 Å². The van der Waals surface area contributed by atoms with Crippen LogP contribution < -0.4 is 9.47 Å². The van der Waals surface area contributed by atoms with Gasteiger partial charge >= 0.3 is 0 Å². The zero-order valence-electron chi connectivity index (χ0n) is 12.5. The van der Waals surface area contributed by atoms with Gasteiger partial charge in [-0.05, 0) is 23.6 Å². The van der Waals surface area contributed by atoms with E-state index in [1.165, 1.54) is 21.7 Å². The quantitative estimate of drug-likeness (QED) is 0.751. The van der Waals surface area contributed by atoms with Gasteiger partial charge in [0.1, 0.15) is 13.2 Å². The molecule has 0 amide bonds. The molecule has 0 atom stereocenters. The summed E-state index contributed by atoms with van der Waals surface area (Å²) < 4.78 is 38.2. The maximum atomic E-state index is 12.9. The lowest BCUT2D eigenvalue weighted by Crippen LogP contribution is -2.30. The Kier molecular flexibility index (Phi) is 4.70. The second kappa shape index (κ2) is 6.74. The van der Waals surface area contributed by atoms with Crippen LogP contribution in [0.2, 0.25) is 0 Å². The van der Waals surface area contributed by atoms with Crippen LogP contribution >= 0.6 is 11.3 Å². The molecule has 0 fully saturated rings. The summed E-state index contributed by atoms with van der Waals surface area (Å²) in [5, 5.41) is 1.93. The number of nitrogens with zero attached hydrogens (tertiary/aromatic N) is 1. The molecule has 3 rings (SSSR count). The van der Waals surface area contributed by atoms with E-state index in [9.17, 15) is 8.42 Å². The molecule has 0 saturated carbocycles. The Morgan fingerprint density at radius 1 is 1.22 bits per heavy atom. The summed E-state index contributed by atoms with van der Waals surface area (Å²) >= 11 is 1.53. The molecule has 23 heavy (non-hydrogen) atoms. The van der Waals surface area contributed by atoms with Crippen molar-refractivity contribution in [2.75, 3.05) is 19.8 Å². The molecular weight excluding hydrogens is 334 g/mol. The number of hydrogen-bond donors (Lipinski definition) is 0. The van der Waals surface area contributed by atoms with Gasteiger partial charge in [0.15, 0.2) is 11.5 Å². The van der Waals surface area contributed by atoms with Crippen molar-refractivity contribution >= 4 is 21.4 Å². The average Bonchev–Trinajstić information content (AvgIpc) is 3.07. The number of sulfonamides is 1. The molecule has 0 radical (unpaired) electrons. The molecule has 5 nitrogen and oxygen atoms in total. The number of ether oxygens (including phenoxy) is 2. The zero-order valence-corrected chi connectivity index (χ0v) is 14.1. The predicted molar refractivity (Wildman–Crippen MR) is 89.5 cm³/mol. The summed E-state index contributed by atoms with van der Waals surface area (Å²) in [7, 11) is -3.64. The molecule has 7 heteroatoms. The van der Waals surface area contributed by atoms with E-state index >= 15 is 0 Å². The summed E-state index contributed by atoms with van der Waals surface area (Å²) in [6, 6.07) is 8.53. The van der Waals surface area contributed by atoms with Crippen LogP contribution in [0.3, 0.4) is 0 Å². The normalized spacial score (nSPS) is 14.0. The Labute approximate surface area is 139 Å². The first-order valence-electron chi connectivity index (χ1n) is 7.14. The van der Waals surface area contributed by atoms with Crippen LogP contribution in [-0.2, 0) is 16.6 Å². The Hall–Kier alpha value is -1.83. The summed E-state index contributed by atoms with van der Waals surface area (Å²) in [5.74, 6) is 1.04. The summed E-state index contributed by atoms with van der Waals surface area (Å²) in [6.45, 7) is 5.12. The van der Waals surface area contributed by atoms with Crippen molar-refractivity contribution in [2.45, 2.75) is 11.4 Å². The second-order valence-electron chi connectivity index (χ2n) is 4.97. The first-order chi connectivity index (χ1) is 11.1. The lowest BCUT2D eigenvalue weighted by molar-refractivity contribution is 0.171. The minimum Gasteiger partial charge on any atom is -0.486 e. The van der Waals surface area contributed by atoms with Gasteiger partial charge in [-0.1, -0.05) is 12.1 Å². The standard InChI is InChI=1S/C16H17NO4S2/c1-2-7-17(12-13-4-3-10-22-13)23(18,19)14-5-6-15-16(11-14)21-9-8-20-15/h2-6,10-11H,1,7-9,12H2. The van der Waals surface area contributed by atoms with Crippen molar-refractivity contribution in [2.24, 2.45) is 0 Å². The zero-order chi connectivity index (χ0) is 16.3. The third-order valence-electron chi connectivity index (χ3n) is 3.40. The lowest BCUT2D eigenvalue weighted by atomic mass is 10.3. The van der Waals surface area contributed by atoms with E-state index in [0.717, 1.165) is 4.88 Å². The Morgan fingerprint density at radius 2 is 2.00 bits per heavy atom. The first-order valence-corrected chi connectivity index (χ1v) is 9.46. The van der Waals surface area contributed by atoms with Crippen molar-refractivity contribution in [1.82, 2.24) is 4.31 Å². The van der Waals surface area contributed by atoms with Gasteiger partial charge in [-0.3, -0.25) is 0 Å². The van der Waals surface area contributed by atoms with E-state index in [2.05, 4.69) is 6.58 Å². The lowest BCUT2D eigenvalue weighted by Gasteiger charge is -2.22. The maximum Gasteiger partial charge on any atom is 0.243 e.